The van der Waals surface area contributed by atoms with Crippen molar-refractivity contribution in [3.05, 3.63) is 0 Å². The van der Waals surface area contributed by atoms with E-state index in [4.69, 9.17) is 4.74 Å². The minimum Gasteiger partial charge on any atom is -0.468 e. The Balaban J connectivity index is 2.44. The van der Waals surface area contributed by atoms with Crippen LogP contribution in [0.15, 0.2) is 0 Å². The lowest BCUT2D eigenvalue weighted by Gasteiger charge is -2.36. The maximum atomic E-state index is 11.7. The van der Waals surface area contributed by atoms with E-state index >= 15 is 0 Å². The van der Waals surface area contributed by atoms with Crippen LogP contribution in [-0.4, -0.2) is 75.2 Å². The Hall–Kier alpha value is -0.650. The third kappa shape index (κ3) is 4.55. The van der Waals surface area contributed by atoms with Crippen molar-refractivity contribution in [3.63, 3.8) is 0 Å². The number of likely N-dealkylation sites (N-methyl/N-ethyl adjacent to an activating group) is 2. The number of esters is 1. The van der Waals surface area contributed by atoms with Gasteiger partial charge in [-0.15, -0.1) is 0 Å². The molecule has 1 aliphatic heterocycles. The Bertz CT molecular complexity index is 253. The van der Waals surface area contributed by atoms with Crippen LogP contribution in [0.3, 0.4) is 0 Å². The van der Waals surface area contributed by atoms with Crippen molar-refractivity contribution in [2.45, 2.75) is 31.8 Å². The largest absolute Gasteiger partial charge is 0.468 e. The van der Waals surface area contributed by atoms with Gasteiger partial charge in [0.2, 0.25) is 0 Å². The first kappa shape index (κ1) is 15.4. The number of carbonyl (C=O) groups excluding carboxylic acids is 1. The SMILES string of the molecule is CCNC(CN(C)C1CCN(C)CC1)C(=O)OC. The average Bonchev–Trinajstić information content (AvgIpc) is 2.38. The van der Waals surface area contributed by atoms with Crippen LogP contribution in [0.5, 0.6) is 0 Å². The smallest absolute Gasteiger partial charge is 0.324 e. The van der Waals surface area contributed by atoms with Crippen molar-refractivity contribution >= 4 is 5.97 Å². The van der Waals surface area contributed by atoms with Crippen molar-refractivity contribution in [1.29, 1.82) is 0 Å². The number of nitrogens with one attached hydrogen (secondary N) is 1. The van der Waals surface area contributed by atoms with Crippen molar-refractivity contribution in [2.75, 3.05) is 47.4 Å². The fraction of sp³-hybridized carbons (Fsp3) is 0.923. The first-order valence-corrected chi connectivity index (χ1v) is 6.78. The fourth-order valence-electron chi connectivity index (χ4n) is 2.48. The van der Waals surface area contributed by atoms with Gasteiger partial charge in [0.15, 0.2) is 0 Å². The summed E-state index contributed by atoms with van der Waals surface area (Å²) in [6.07, 6.45) is 2.35. The molecule has 5 nitrogen and oxygen atoms in total. The van der Waals surface area contributed by atoms with E-state index in [1.54, 1.807) is 0 Å². The molecule has 1 heterocycles. The Morgan fingerprint density at radius 2 is 2.11 bits per heavy atom. The van der Waals surface area contributed by atoms with E-state index in [2.05, 4.69) is 29.2 Å². The second-order valence-electron chi connectivity index (χ2n) is 5.11. The van der Waals surface area contributed by atoms with Crippen LogP contribution >= 0.6 is 0 Å². The monoisotopic (exact) mass is 257 g/mol. The normalized spacial score (nSPS) is 20.1. The molecule has 1 fully saturated rings. The Morgan fingerprint density at radius 3 is 2.61 bits per heavy atom. The third-order valence-electron chi connectivity index (χ3n) is 3.72. The molecule has 0 aromatic heterocycles. The molecule has 1 rings (SSSR count). The highest BCUT2D eigenvalue weighted by Gasteiger charge is 2.25. The molecule has 0 spiro atoms. The van der Waals surface area contributed by atoms with Gasteiger partial charge in [0.1, 0.15) is 6.04 Å². The van der Waals surface area contributed by atoms with E-state index in [-0.39, 0.29) is 12.0 Å². The highest BCUT2D eigenvalue weighted by molar-refractivity contribution is 5.75. The third-order valence-corrected chi connectivity index (χ3v) is 3.72. The molecular formula is C13H27N3O2. The van der Waals surface area contributed by atoms with Crippen molar-refractivity contribution in [1.82, 2.24) is 15.1 Å². The van der Waals surface area contributed by atoms with Crippen LogP contribution in [0.1, 0.15) is 19.8 Å². The minimum atomic E-state index is -0.218. The van der Waals surface area contributed by atoms with Crippen LogP contribution < -0.4 is 5.32 Å². The molecule has 0 bridgehead atoms. The maximum absolute atomic E-state index is 11.7. The van der Waals surface area contributed by atoms with E-state index in [1.807, 2.05) is 6.92 Å². The van der Waals surface area contributed by atoms with Gasteiger partial charge >= 0.3 is 5.97 Å². The van der Waals surface area contributed by atoms with Crippen LogP contribution in [0.25, 0.3) is 0 Å². The molecule has 0 aromatic carbocycles. The minimum absolute atomic E-state index is 0.170. The highest BCUT2D eigenvalue weighted by Crippen LogP contribution is 2.14. The summed E-state index contributed by atoms with van der Waals surface area (Å²) < 4.78 is 4.83. The molecule has 1 unspecified atom stereocenters. The summed E-state index contributed by atoms with van der Waals surface area (Å²) in [6, 6.07) is 0.358. The van der Waals surface area contributed by atoms with Crippen LogP contribution in [-0.2, 0) is 9.53 Å². The zero-order valence-corrected chi connectivity index (χ0v) is 12.1. The molecule has 5 heteroatoms. The molecule has 1 aliphatic rings. The van der Waals surface area contributed by atoms with Crippen LogP contribution in [0.4, 0.5) is 0 Å². The van der Waals surface area contributed by atoms with Gasteiger partial charge in [-0.25, -0.2) is 0 Å². The maximum Gasteiger partial charge on any atom is 0.324 e. The van der Waals surface area contributed by atoms with E-state index in [1.165, 1.54) is 20.0 Å². The summed E-state index contributed by atoms with van der Waals surface area (Å²) in [6.45, 7) is 5.78. The predicted molar refractivity (Wildman–Crippen MR) is 72.6 cm³/mol. The number of hydrogen-bond acceptors (Lipinski definition) is 5. The number of rotatable bonds is 6. The fourth-order valence-corrected chi connectivity index (χ4v) is 2.48. The van der Waals surface area contributed by atoms with Crippen molar-refractivity contribution < 1.29 is 9.53 Å². The Morgan fingerprint density at radius 1 is 1.50 bits per heavy atom. The number of hydrogen-bond donors (Lipinski definition) is 1. The molecule has 0 aliphatic carbocycles. The summed E-state index contributed by atoms with van der Waals surface area (Å²) in [4.78, 5) is 16.3. The molecule has 1 saturated heterocycles. The van der Waals surface area contributed by atoms with Gasteiger partial charge in [-0.1, -0.05) is 6.92 Å². The lowest BCUT2D eigenvalue weighted by molar-refractivity contribution is -0.143. The van der Waals surface area contributed by atoms with Gasteiger partial charge < -0.3 is 19.9 Å². The molecule has 0 radical (unpaired) electrons. The lowest BCUT2D eigenvalue weighted by Crippen LogP contribution is -2.50. The van der Waals surface area contributed by atoms with Crippen molar-refractivity contribution in [2.24, 2.45) is 0 Å². The van der Waals surface area contributed by atoms with E-state index < -0.39 is 0 Å². The van der Waals surface area contributed by atoms with Crippen molar-refractivity contribution in [3.8, 4) is 0 Å². The molecule has 106 valence electrons. The topological polar surface area (TPSA) is 44.8 Å². The first-order valence-electron chi connectivity index (χ1n) is 6.78. The summed E-state index contributed by atoms with van der Waals surface area (Å²) in [5.74, 6) is -0.170. The average molecular weight is 257 g/mol. The summed E-state index contributed by atoms with van der Waals surface area (Å²) in [5, 5.41) is 3.19. The predicted octanol–water partition coefficient (Wildman–Crippen LogP) is 0.164. The van der Waals surface area contributed by atoms with Crippen LogP contribution in [0, 0.1) is 0 Å². The van der Waals surface area contributed by atoms with E-state index in [9.17, 15) is 4.79 Å². The summed E-state index contributed by atoms with van der Waals surface area (Å²) in [7, 11) is 5.71. The first-order chi connectivity index (χ1) is 8.58. The quantitative estimate of drug-likeness (QED) is 0.687. The second-order valence-corrected chi connectivity index (χ2v) is 5.11. The number of piperidine rings is 1. The number of ether oxygens (including phenoxy) is 1. The van der Waals surface area contributed by atoms with Gasteiger partial charge in [0.05, 0.1) is 7.11 Å². The van der Waals surface area contributed by atoms with Crippen LogP contribution in [0.2, 0.25) is 0 Å². The molecule has 0 amide bonds. The number of methoxy groups -OCH3 is 1. The zero-order chi connectivity index (χ0) is 13.5. The summed E-state index contributed by atoms with van der Waals surface area (Å²) in [5.41, 5.74) is 0. The van der Waals surface area contributed by atoms with Gasteiger partial charge in [-0.3, -0.25) is 4.79 Å². The molecule has 0 aromatic rings. The van der Waals surface area contributed by atoms with Gasteiger partial charge in [-0.05, 0) is 46.6 Å². The lowest BCUT2D eigenvalue weighted by atomic mass is 10.0. The van der Waals surface area contributed by atoms with Gasteiger partial charge in [0.25, 0.3) is 0 Å². The number of carbonyl (C=O) groups is 1. The van der Waals surface area contributed by atoms with Gasteiger partial charge in [-0.2, -0.15) is 0 Å². The van der Waals surface area contributed by atoms with E-state index in [0.29, 0.717) is 6.04 Å². The standard InChI is InChI=1S/C13H27N3O2/c1-5-14-12(13(17)18-4)10-16(3)11-6-8-15(2)9-7-11/h11-12,14H,5-10H2,1-4H3. The summed E-state index contributed by atoms with van der Waals surface area (Å²) >= 11 is 0. The number of nitrogens with zero attached hydrogens (tertiary/aromatic N) is 2. The molecular weight excluding hydrogens is 230 g/mol. The second kappa shape index (κ2) is 7.71. The molecule has 1 N–H and O–H groups in total. The number of likely N-dealkylation sites (tertiary alicyclic amines) is 1. The van der Waals surface area contributed by atoms with Gasteiger partial charge in [0, 0.05) is 12.6 Å². The molecule has 0 saturated carbocycles. The molecule has 18 heavy (non-hydrogen) atoms. The Kier molecular flexibility index (Phi) is 6.60. The zero-order valence-electron chi connectivity index (χ0n) is 12.1. The Labute approximate surface area is 110 Å². The highest BCUT2D eigenvalue weighted by atomic mass is 16.5. The van der Waals surface area contributed by atoms with E-state index in [0.717, 1.165) is 26.2 Å². The molecule has 1 atom stereocenters.